The number of halogens is 1. The van der Waals surface area contributed by atoms with Gasteiger partial charge in [0.05, 0.1) is 17.3 Å². The van der Waals surface area contributed by atoms with Crippen molar-refractivity contribution in [3.05, 3.63) is 78.1 Å². The molecular weight excluding hydrogens is 428 g/mol. The highest BCUT2D eigenvalue weighted by molar-refractivity contribution is 9.10. The maximum absolute atomic E-state index is 12.5. The highest BCUT2D eigenvalue weighted by Crippen LogP contribution is 2.22. The van der Waals surface area contributed by atoms with Crippen LogP contribution in [0.1, 0.15) is 5.56 Å². The lowest BCUT2D eigenvalue weighted by atomic mass is 10.2. The number of carbonyl (C=O) groups excluding carboxylic acids is 1. The van der Waals surface area contributed by atoms with Crippen molar-refractivity contribution >= 4 is 51.0 Å². The van der Waals surface area contributed by atoms with Gasteiger partial charge in [-0.05, 0) is 29.8 Å². The van der Waals surface area contributed by atoms with Crippen molar-refractivity contribution in [1.82, 2.24) is 4.57 Å². The largest absolute Gasteiger partial charge is 0.495 e. The van der Waals surface area contributed by atoms with Crippen LogP contribution in [0.25, 0.3) is 12.2 Å². The number of thiazole rings is 1. The molecule has 0 fully saturated rings. The van der Waals surface area contributed by atoms with Gasteiger partial charge >= 0.3 is 0 Å². The molecule has 1 amide bonds. The van der Waals surface area contributed by atoms with E-state index in [-0.39, 0.29) is 11.5 Å². The van der Waals surface area contributed by atoms with E-state index < -0.39 is 0 Å². The Balaban J connectivity index is 1.97. The second-order valence-electron chi connectivity index (χ2n) is 5.67. The van der Waals surface area contributed by atoms with E-state index in [1.54, 1.807) is 26.3 Å². The van der Waals surface area contributed by atoms with Crippen LogP contribution < -0.4 is 24.8 Å². The molecule has 3 aromatic rings. The second-order valence-corrected chi connectivity index (χ2v) is 7.59. The summed E-state index contributed by atoms with van der Waals surface area (Å²) >= 11 is 4.74. The minimum Gasteiger partial charge on any atom is -0.495 e. The fourth-order valence-electron chi connectivity index (χ4n) is 2.47. The molecule has 0 unspecified atom stereocenters. The van der Waals surface area contributed by atoms with Crippen molar-refractivity contribution in [1.29, 1.82) is 0 Å². The van der Waals surface area contributed by atoms with Crippen LogP contribution in [0.2, 0.25) is 0 Å². The van der Waals surface area contributed by atoms with Gasteiger partial charge in [-0.1, -0.05) is 46.3 Å². The highest BCUT2D eigenvalue weighted by atomic mass is 79.9. The van der Waals surface area contributed by atoms with Crippen LogP contribution in [0.15, 0.2) is 57.8 Å². The summed E-state index contributed by atoms with van der Waals surface area (Å²) in [7, 11) is 3.19. The summed E-state index contributed by atoms with van der Waals surface area (Å²) in [5.74, 6) is 0.242. The molecule has 138 valence electrons. The summed E-state index contributed by atoms with van der Waals surface area (Å²) in [5.41, 5.74) is 1.33. The molecule has 0 aliphatic carbocycles. The van der Waals surface area contributed by atoms with Gasteiger partial charge < -0.3 is 14.6 Å². The molecule has 3 rings (SSSR count). The standard InChI is InChI=1S/C20H17BrN2O3S/c1-23-19(12-18(24)22-15-9-5-6-10-16(15)26-2)27-17(20(23)25)11-13-7-3-4-8-14(13)21/h3-12H,1-2H3,(H,22,24)/b17-11-,19-12-. The Morgan fingerprint density at radius 2 is 1.89 bits per heavy atom. The molecule has 0 bridgehead atoms. The van der Waals surface area contributed by atoms with Gasteiger partial charge in [-0.3, -0.25) is 9.59 Å². The molecule has 7 heteroatoms. The number of aromatic nitrogens is 1. The fraction of sp³-hybridized carbons (Fsp3) is 0.100. The molecule has 1 heterocycles. The number of methoxy groups -OCH3 is 1. The number of anilines is 1. The Bertz CT molecular complexity index is 1160. The third-order valence-electron chi connectivity index (χ3n) is 3.87. The van der Waals surface area contributed by atoms with Crippen LogP contribution >= 0.6 is 27.3 Å². The maximum Gasteiger partial charge on any atom is 0.268 e. The molecular formula is C20H17BrN2O3S. The van der Waals surface area contributed by atoms with Gasteiger partial charge in [0, 0.05) is 17.6 Å². The first-order valence-electron chi connectivity index (χ1n) is 8.07. The van der Waals surface area contributed by atoms with Crippen LogP contribution in [-0.2, 0) is 11.8 Å². The van der Waals surface area contributed by atoms with Crippen molar-refractivity contribution in [2.24, 2.45) is 7.05 Å². The normalized spacial score (nSPS) is 12.3. The fourth-order valence-corrected chi connectivity index (χ4v) is 3.89. The Labute approximate surface area is 168 Å². The van der Waals surface area contributed by atoms with Crippen LogP contribution in [0, 0.1) is 0 Å². The van der Waals surface area contributed by atoms with E-state index >= 15 is 0 Å². The molecule has 0 radical (unpaired) electrons. The minimum atomic E-state index is -0.330. The van der Waals surface area contributed by atoms with Crippen LogP contribution in [0.4, 0.5) is 5.69 Å². The quantitative estimate of drug-likeness (QED) is 0.672. The molecule has 0 saturated carbocycles. The number of nitrogens with one attached hydrogen (secondary N) is 1. The molecule has 1 N–H and O–H groups in total. The second kappa shape index (κ2) is 8.37. The molecule has 5 nitrogen and oxygen atoms in total. The number of ether oxygens (including phenoxy) is 1. The van der Waals surface area contributed by atoms with Gasteiger partial charge in [0.15, 0.2) is 0 Å². The van der Waals surface area contributed by atoms with Crippen molar-refractivity contribution in [2.45, 2.75) is 0 Å². The molecule has 0 spiro atoms. The summed E-state index contributed by atoms with van der Waals surface area (Å²) in [6.45, 7) is 0. The monoisotopic (exact) mass is 444 g/mol. The van der Waals surface area contributed by atoms with Crippen LogP contribution in [0.3, 0.4) is 0 Å². The first-order valence-corrected chi connectivity index (χ1v) is 9.68. The minimum absolute atomic E-state index is 0.146. The smallest absolute Gasteiger partial charge is 0.268 e. The highest BCUT2D eigenvalue weighted by Gasteiger charge is 2.07. The first-order chi connectivity index (χ1) is 13.0. The Kier molecular flexibility index (Phi) is 5.93. The van der Waals surface area contributed by atoms with Gasteiger partial charge in [-0.2, -0.15) is 0 Å². The summed E-state index contributed by atoms with van der Waals surface area (Å²) in [6.07, 6.45) is 3.22. The molecule has 0 aliphatic rings. The Morgan fingerprint density at radius 3 is 2.63 bits per heavy atom. The summed E-state index contributed by atoms with van der Waals surface area (Å²) in [6, 6.07) is 14.8. The Morgan fingerprint density at radius 1 is 1.19 bits per heavy atom. The number of para-hydroxylation sites is 2. The average Bonchev–Trinajstić information content (AvgIpc) is 2.92. The number of carbonyl (C=O) groups is 1. The van der Waals surface area contributed by atoms with E-state index in [4.69, 9.17) is 4.74 Å². The van der Waals surface area contributed by atoms with E-state index in [2.05, 4.69) is 21.2 Å². The van der Waals surface area contributed by atoms with Gasteiger partial charge in [-0.25, -0.2) is 0 Å². The number of benzene rings is 2. The number of rotatable bonds is 4. The van der Waals surface area contributed by atoms with Gasteiger partial charge in [0.1, 0.15) is 10.4 Å². The van der Waals surface area contributed by atoms with Crippen molar-refractivity contribution in [3.8, 4) is 5.75 Å². The summed E-state index contributed by atoms with van der Waals surface area (Å²) in [5, 5.41) is 2.78. The van der Waals surface area contributed by atoms with E-state index in [0.717, 1.165) is 10.0 Å². The van der Waals surface area contributed by atoms with Crippen molar-refractivity contribution < 1.29 is 9.53 Å². The van der Waals surface area contributed by atoms with Crippen molar-refractivity contribution in [3.63, 3.8) is 0 Å². The van der Waals surface area contributed by atoms with Gasteiger partial charge in [0.2, 0.25) is 0 Å². The first kappa shape index (κ1) is 19.1. The predicted octanol–water partition coefficient (Wildman–Crippen LogP) is 2.47. The molecule has 1 aromatic heterocycles. The van der Waals surface area contributed by atoms with Crippen molar-refractivity contribution in [2.75, 3.05) is 12.4 Å². The third kappa shape index (κ3) is 4.37. The number of nitrogens with zero attached hydrogens (tertiary/aromatic N) is 1. The summed E-state index contributed by atoms with van der Waals surface area (Å²) in [4.78, 5) is 24.9. The lowest BCUT2D eigenvalue weighted by Gasteiger charge is -2.07. The lowest BCUT2D eigenvalue weighted by Crippen LogP contribution is -2.29. The van der Waals surface area contributed by atoms with Crippen LogP contribution in [-0.4, -0.2) is 17.6 Å². The molecule has 0 atom stereocenters. The molecule has 0 aliphatic heterocycles. The topological polar surface area (TPSA) is 60.3 Å². The van der Waals surface area contributed by atoms with Gasteiger partial charge in [0.25, 0.3) is 11.5 Å². The zero-order chi connectivity index (χ0) is 19.4. The van der Waals surface area contributed by atoms with E-state index in [9.17, 15) is 9.59 Å². The lowest BCUT2D eigenvalue weighted by molar-refractivity contribution is -0.110. The molecule has 0 saturated heterocycles. The predicted molar refractivity (Wildman–Crippen MR) is 113 cm³/mol. The zero-order valence-electron chi connectivity index (χ0n) is 14.7. The molecule has 2 aromatic carbocycles. The summed E-state index contributed by atoms with van der Waals surface area (Å²) < 4.78 is 8.72. The molecule has 27 heavy (non-hydrogen) atoms. The maximum atomic E-state index is 12.5. The number of hydrogen-bond acceptors (Lipinski definition) is 4. The average molecular weight is 445 g/mol. The van der Waals surface area contributed by atoms with E-state index in [0.29, 0.717) is 20.6 Å². The number of hydrogen-bond donors (Lipinski definition) is 1. The SMILES string of the molecule is COc1ccccc1NC(=O)/C=c1\s/c(=C\c2ccccc2Br)c(=O)n1C. The number of amides is 1. The zero-order valence-corrected chi connectivity index (χ0v) is 17.1. The Hall–Kier alpha value is -2.64. The van der Waals surface area contributed by atoms with E-state index in [1.165, 1.54) is 22.0 Å². The van der Waals surface area contributed by atoms with E-state index in [1.807, 2.05) is 42.5 Å². The van der Waals surface area contributed by atoms with Crippen LogP contribution in [0.5, 0.6) is 5.75 Å². The third-order valence-corrected chi connectivity index (χ3v) is 5.71. The van der Waals surface area contributed by atoms with Gasteiger partial charge in [-0.15, -0.1) is 11.3 Å².